The zero-order valence-electron chi connectivity index (χ0n) is 21.4. The Morgan fingerprint density at radius 3 is 2.34 bits per heavy atom. The van der Waals surface area contributed by atoms with Crippen molar-refractivity contribution in [2.75, 3.05) is 18.0 Å². The van der Waals surface area contributed by atoms with E-state index in [4.69, 9.17) is 23.2 Å². The number of para-hydroxylation sites is 2. The van der Waals surface area contributed by atoms with Gasteiger partial charge >= 0.3 is 0 Å². The van der Waals surface area contributed by atoms with Crippen LogP contribution in [0.3, 0.4) is 0 Å². The highest BCUT2D eigenvalue weighted by Gasteiger charge is 2.37. The van der Waals surface area contributed by atoms with Crippen molar-refractivity contribution < 1.29 is 9.59 Å². The van der Waals surface area contributed by atoms with Gasteiger partial charge in [0.1, 0.15) is 12.6 Å². The van der Waals surface area contributed by atoms with Crippen molar-refractivity contribution in [3.8, 4) is 5.69 Å². The molecule has 1 atom stereocenters. The van der Waals surface area contributed by atoms with Gasteiger partial charge in [0.25, 0.3) is 5.91 Å². The summed E-state index contributed by atoms with van der Waals surface area (Å²) in [6.07, 6.45) is 3.70. The number of nitrogens with zero attached hydrogens (tertiary/aromatic N) is 3. The van der Waals surface area contributed by atoms with Crippen LogP contribution in [0, 0.1) is 6.92 Å². The fraction of sp³-hybridized carbons (Fsp3) is 0.226. The van der Waals surface area contributed by atoms with E-state index in [1.165, 1.54) is 0 Å². The number of carbonyl (C=O) groups excluding carboxylic acids is 2. The van der Waals surface area contributed by atoms with Crippen LogP contribution in [0.15, 0.2) is 85.1 Å². The second kappa shape index (κ2) is 11.1. The quantitative estimate of drug-likeness (QED) is 0.241. The smallest absolute Gasteiger partial charge is 0.254 e. The minimum absolute atomic E-state index is 0.0590. The number of hydrogen-bond donors (Lipinski definition) is 0. The van der Waals surface area contributed by atoms with Crippen molar-refractivity contribution in [1.82, 2.24) is 9.47 Å². The summed E-state index contributed by atoms with van der Waals surface area (Å²) in [5, 5.41) is 0.692. The van der Waals surface area contributed by atoms with E-state index in [0.29, 0.717) is 22.2 Å². The lowest BCUT2D eigenvalue weighted by atomic mass is 9.97. The van der Waals surface area contributed by atoms with Crippen LogP contribution in [0.2, 0.25) is 10.0 Å². The van der Waals surface area contributed by atoms with Crippen molar-refractivity contribution in [1.29, 1.82) is 0 Å². The maximum Gasteiger partial charge on any atom is 0.254 e. The van der Waals surface area contributed by atoms with Gasteiger partial charge in [0.05, 0.1) is 27.1 Å². The fourth-order valence-corrected chi connectivity index (χ4v) is 5.28. The summed E-state index contributed by atoms with van der Waals surface area (Å²) in [4.78, 5) is 31.3. The summed E-state index contributed by atoms with van der Waals surface area (Å²) in [6.45, 7) is 4.51. The summed E-state index contributed by atoms with van der Waals surface area (Å²) in [5.41, 5.74) is 5.30. The second-order valence-electron chi connectivity index (χ2n) is 9.58. The number of anilines is 1. The molecule has 194 valence electrons. The number of aromatic nitrogens is 1. The second-order valence-corrected chi connectivity index (χ2v) is 10.4. The van der Waals surface area contributed by atoms with Crippen LogP contribution in [0.5, 0.6) is 0 Å². The van der Waals surface area contributed by atoms with Crippen molar-refractivity contribution >= 4 is 40.7 Å². The summed E-state index contributed by atoms with van der Waals surface area (Å²) in [5.74, 6) is -0.397. The number of rotatable bonds is 7. The molecule has 0 saturated heterocycles. The van der Waals surface area contributed by atoms with Gasteiger partial charge in [-0.2, -0.15) is 0 Å². The number of aryl methyl sites for hydroxylation is 1. The van der Waals surface area contributed by atoms with Gasteiger partial charge in [-0.3, -0.25) is 14.5 Å². The predicted molar refractivity (Wildman–Crippen MR) is 154 cm³/mol. The van der Waals surface area contributed by atoms with E-state index < -0.39 is 0 Å². The molecule has 1 aromatic heterocycles. The van der Waals surface area contributed by atoms with Crippen LogP contribution in [0.4, 0.5) is 5.69 Å². The lowest BCUT2D eigenvalue weighted by Gasteiger charge is -2.39. The lowest BCUT2D eigenvalue weighted by molar-refractivity contribution is -0.119. The summed E-state index contributed by atoms with van der Waals surface area (Å²) in [6, 6.07) is 24.7. The van der Waals surface area contributed by atoms with Crippen molar-refractivity contribution in [3.05, 3.63) is 117 Å². The molecule has 0 N–H and O–H groups in total. The van der Waals surface area contributed by atoms with Gasteiger partial charge in [-0.05, 0) is 61.4 Å². The Bertz CT molecular complexity index is 1480. The third-order valence-electron chi connectivity index (χ3n) is 6.94. The summed E-state index contributed by atoms with van der Waals surface area (Å²) >= 11 is 12.3. The van der Waals surface area contributed by atoms with Crippen LogP contribution < -0.4 is 4.90 Å². The zero-order chi connectivity index (χ0) is 26.8. The highest BCUT2D eigenvalue weighted by atomic mass is 35.5. The normalized spacial score (nSPS) is 14.1. The van der Waals surface area contributed by atoms with Crippen LogP contribution in [0.1, 0.15) is 53.0 Å². The molecule has 0 bridgehead atoms. The number of amides is 2. The topological polar surface area (TPSA) is 45.6 Å². The molecule has 0 saturated carbocycles. The molecule has 1 unspecified atom stereocenters. The molecule has 2 heterocycles. The van der Waals surface area contributed by atoms with Crippen LogP contribution in [0.25, 0.3) is 5.69 Å². The van der Waals surface area contributed by atoms with Gasteiger partial charge in [-0.15, -0.1) is 0 Å². The Labute approximate surface area is 233 Å². The van der Waals surface area contributed by atoms with Crippen LogP contribution in [-0.4, -0.2) is 34.4 Å². The molecule has 3 aromatic carbocycles. The first-order valence-corrected chi connectivity index (χ1v) is 13.5. The van der Waals surface area contributed by atoms with E-state index in [1.807, 2.05) is 48.4 Å². The standard InChI is InChI=1S/C31H29Cl2N3O2/c1-3-4-17-34(31(38)23-15-16-24(32)25(33)19-23)20-29(37)36-27-9-6-5-8-26(27)35-18-7-10-28(35)30(36)22-13-11-21(2)12-14-22/h5-16,18-19,30H,3-4,17,20H2,1-2H3. The van der Waals surface area contributed by atoms with E-state index in [1.54, 1.807) is 23.1 Å². The number of benzene rings is 3. The number of fused-ring (bicyclic) bond motifs is 3. The minimum atomic E-state index is -0.332. The number of carbonyl (C=O) groups is 2. The molecule has 7 heteroatoms. The Balaban J connectivity index is 1.55. The molecule has 0 spiro atoms. The third kappa shape index (κ3) is 4.96. The maximum absolute atomic E-state index is 14.2. The van der Waals surface area contributed by atoms with Gasteiger partial charge in [0.2, 0.25) is 5.91 Å². The lowest BCUT2D eigenvalue weighted by Crippen LogP contribution is -2.47. The molecule has 5 rings (SSSR count). The Morgan fingerprint density at radius 2 is 1.63 bits per heavy atom. The minimum Gasteiger partial charge on any atom is -0.329 e. The monoisotopic (exact) mass is 545 g/mol. The molecule has 1 aliphatic heterocycles. The van der Waals surface area contributed by atoms with Crippen molar-refractivity contribution in [3.63, 3.8) is 0 Å². The summed E-state index contributed by atoms with van der Waals surface area (Å²) in [7, 11) is 0. The molecular weight excluding hydrogens is 517 g/mol. The van der Waals surface area contributed by atoms with E-state index in [9.17, 15) is 9.59 Å². The van der Waals surface area contributed by atoms with E-state index >= 15 is 0 Å². The molecule has 0 aliphatic carbocycles. The van der Waals surface area contributed by atoms with Gasteiger partial charge in [0.15, 0.2) is 0 Å². The zero-order valence-corrected chi connectivity index (χ0v) is 22.9. The molecule has 0 fully saturated rings. The Morgan fingerprint density at radius 1 is 0.895 bits per heavy atom. The number of hydrogen-bond acceptors (Lipinski definition) is 2. The van der Waals surface area contributed by atoms with Gasteiger partial charge in [-0.25, -0.2) is 0 Å². The molecule has 2 amide bonds. The van der Waals surface area contributed by atoms with Gasteiger partial charge in [-0.1, -0.05) is 78.5 Å². The first-order chi connectivity index (χ1) is 18.4. The third-order valence-corrected chi connectivity index (χ3v) is 7.68. The molecule has 38 heavy (non-hydrogen) atoms. The number of unbranched alkanes of at least 4 members (excludes halogenated alkanes) is 1. The Kier molecular flexibility index (Phi) is 7.59. The molecule has 0 radical (unpaired) electrons. The fourth-order valence-electron chi connectivity index (χ4n) is 4.98. The van der Waals surface area contributed by atoms with Crippen LogP contribution >= 0.6 is 23.2 Å². The van der Waals surface area contributed by atoms with Crippen LogP contribution in [-0.2, 0) is 4.79 Å². The van der Waals surface area contributed by atoms with Gasteiger partial charge in [0, 0.05) is 18.3 Å². The SMILES string of the molecule is CCCCN(CC(=O)N1c2ccccc2-n2cccc2C1c1ccc(C)cc1)C(=O)c1ccc(Cl)c(Cl)c1. The van der Waals surface area contributed by atoms with E-state index in [-0.39, 0.29) is 24.4 Å². The average molecular weight is 546 g/mol. The Hall–Kier alpha value is -3.54. The molecule has 4 aromatic rings. The highest BCUT2D eigenvalue weighted by molar-refractivity contribution is 6.42. The number of halogens is 2. The molecule has 1 aliphatic rings. The highest BCUT2D eigenvalue weighted by Crippen LogP contribution is 2.42. The predicted octanol–water partition coefficient (Wildman–Crippen LogP) is 7.47. The van der Waals surface area contributed by atoms with Crippen molar-refractivity contribution in [2.45, 2.75) is 32.7 Å². The maximum atomic E-state index is 14.2. The van der Waals surface area contributed by atoms with Crippen molar-refractivity contribution in [2.24, 2.45) is 0 Å². The first kappa shape index (κ1) is 26.1. The molecule has 5 nitrogen and oxygen atoms in total. The average Bonchev–Trinajstić information content (AvgIpc) is 3.42. The largest absolute Gasteiger partial charge is 0.329 e. The molecular formula is C31H29Cl2N3O2. The van der Waals surface area contributed by atoms with E-state index in [0.717, 1.165) is 41.0 Å². The summed E-state index contributed by atoms with van der Waals surface area (Å²) < 4.78 is 2.14. The van der Waals surface area contributed by atoms with E-state index in [2.05, 4.69) is 41.8 Å². The first-order valence-electron chi connectivity index (χ1n) is 12.8. The van der Waals surface area contributed by atoms with Gasteiger partial charge < -0.3 is 9.47 Å².